The summed E-state index contributed by atoms with van der Waals surface area (Å²) in [6, 6.07) is 15.5. The normalized spacial score (nSPS) is 11.4. The number of imidazole rings is 1. The van der Waals surface area contributed by atoms with Gasteiger partial charge in [-0.3, -0.25) is 0 Å². The molecule has 3 rings (SSSR count). The Morgan fingerprint density at radius 1 is 1.14 bits per heavy atom. The van der Waals surface area contributed by atoms with Gasteiger partial charge in [-0.15, -0.1) is 6.58 Å². The summed E-state index contributed by atoms with van der Waals surface area (Å²) in [5, 5.41) is 3.34. The van der Waals surface area contributed by atoms with E-state index in [0.717, 1.165) is 0 Å². The second kappa shape index (κ2) is 12.0. The van der Waals surface area contributed by atoms with E-state index in [1.807, 2.05) is 25.1 Å². The fraction of sp³-hybridized carbons (Fsp3) is 0.280. The highest BCUT2D eigenvalue weighted by atomic mass is 35.5. The average molecular weight is 516 g/mol. The third-order valence-corrected chi connectivity index (χ3v) is 7.05. The number of carbonyl (C=O) groups excluding carboxylic acids is 1. The molecule has 2 aromatic carbocycles. The van der Waals surface area contributed by atoms with Gasteiger partial charge in [0.2, 0.25) is 15.0 Å². The fourth-order valence-electron chi connectivity index (χ4n) is 3.49. The molecule has 0 aliphatic rings. The molecule has 3 aromatic rings. The first kappa shape index (κ1) is 26.5. The van der Waals surface area contributed by atoms with Crippen molar-refractivity contribution in [3.63, 3.8) is 0 Å². The summed E-state index contributed by atoms with van der Waals surface area (Å²) in [5.74, 6) is -0.166. The summed E-state index contributed by atoms with van der Waals surface area (Å²) in [4.78, 5) is 21.0. The van der Waals surface area contributed by atoms with Gasteiger partial charge in [0.05, 0.1) is 24.2 Å². The number of nitrogens with zero attached hydrogens (tertiary/aromatic N) is 4. The van der Waals surface area contributed by atoms with Crippen LogP contribution in [-0.4, -0.2) is 61.0 Å². The number of likely N-dealkylation sites (N-methyl/N-ethyl adjacent to an activating group) is 1. The molecule has 10 heteroatoms. The van der Waals surface area contributed by atoms with Gasteiger partial charge < -0.3 is 19.7 Å². The first-order valence-electron chi connectivity index (χ1n) is 11.1. The molecule has 0 aliphatic carbocycles. The van der Waals surface area contributed by atoms with Crippen LogP contribution in [0.5, 0.6) is 0 Å². The lowest BCUT2D eigenvalue weighted by molar-refractivity contribution is 0.200. The summed E-state index contributed by atoms with van der Waals surface area (Å²) < 4.78 is 28.0. The SMILES string of the molecule is C=CCn1c(CN(CCN(C)C)C(=O)Nc2cccc(Cl)c2)cnc1S(=O)(=O)Cc1ccccc1. The molecule has 0 saturated heterocycles. The number of anilines is 1. The molecular formula is C25H30ClN5O3S. The van der Waals surface area contributed by atoms with Crippen LogP contribution in [0.1, 0.15) is 11.3 Å². The highest BCUT2D eigenvalue weighted by Gasteiger charge is 2.25. The molecule has 35 heavy (non-hydrogen) atoms. The van der Waals surface area contributed by atoms with Crippen LogP contribution in [0.15, 0.2) is 78.6 Å². The largest absolute Gasteiger partial charge is 0.322 e. The van der Waals surface area contributed by atoms with Crippen molar-refractivity contribution in [1.82, 2.24) is 19.4 Å². The standard InChI is InChI=1S/C25H30ClN5O3S/c1-4-13-31-23(17-27-25(31)35(33,34)19-20-9-6-5-7-10-20)18-30(15-14-29(2)3)24(32)28-22-12-8-11-21(26)16-22/h4-12,16-17H,1,13-15,18-19H2,2-3H3,(H,28,32). The van der Waals surface area contributed by atoms with Crippen molar-refractivity contribution in [3.05, 3.63) is 89.7 Å². The molecule has 1 N–H and O–H groups in total. The Morgan fingerprint density at radius 2 is 1.89 bits per heavy atom. The van der Waals surface area contributed by atoms with Crippen LogP contribution in [0, 0.1) is 0 Å². The smallest absolute Gasteiger partial charge is 0.317 e. The Balaban J connectivity index is 1.88. The maximum Gasteiger partial charge on any atom is 0.322 e. The molecule has 0 aliphatic heterocycles. The van der Waals surface area contributed by atoms with E-state index in [0.29, 0.717) is 35.1 Å². The molecule has 0 atom stereocenters. The van der Waals surface area contributed by atoms with Gasteiger partial charge in [0.15, 0.2) is 0 Å². The number of hydrogen-bond donors (Lipinski definition) is 1. The van der Waals surface area contributed by atoms with Gasteiger partial charge in [0, 0.05) is 30.3 Å². The van der Waals surface area contributed by atoms with Crippen LogP contribution in [0.3, 0.4) is 0 Å². The molecule has 8 nitrogen and oxygen atoms in total. The van der Waals surface area contributed by atoms with Gasteiger partial charge in [-0.1, -0.05) is 54.1 Å². The summed E-state index contributed by atoms with van der Waals surface area (Å²) in [6.07, 6.45) is 3.12. The van der Waals surface area contributed by atoms with Crippen LogP contribution in [0.25, 0.3) is 0 Å². The van der Waals surface area contributed by atoms with Crippen molar-refractivity contribution in [2.45, 2.75) is 24.0 Å². The number of benzene rings is 2. The third-order valence-electron chi connectivity index (χ3n) is 5.22. The molecule has 2 amide bonds. The number of rotatable bonds is 11. The summed E-state index contributed by atoms with van der Waals surface area (Å²) in [6.45, 7) is 5.23. The van der Waals surface area contributed by atoms with Gasteiger partial charge in [-0.2, -0.15) is 0 Å². The van der Waals surface area contributed by atoms with E-state index in [-0.39, 0.29) is 30.0 Å². The van der Waals surface area contributed by atoms with E-state index in [1.54, 1.807) is 64.1 Å². The van der Waals surface area contributed by atoms with Crippen molar-refractivity contribution >= 4 is 33.2 Å². The van der Waals surface area contributed by atoms with Crippen molar-refractivity contribution in [2.75, 3.05) is 32.5 Å². The van der Waals surface area contributed by atoms with Crippen molar-refractivity contribution < 1.29 is 13.2 Å². The molecule has 1 aromatic heterocycles. The molecule has 0 saturated carbocycles. The van der Waals surface area contributed by atoms with E-state index in [9.17, 15) is 13.2 Å². The van der Waals surface area contributed by atoms with Crippen LogP contribution in [0.2, 0.25) is 5.02 Å². The van der Waals surface area contributed by atoms with Crippen LogP contribution in [0.4, 0.5) is 10.5 Å². The maximum atomic E-state index is 13.2. The minimum absolute atomic E-state index is 0.0425. The van der Waals surface area contributed by atoms with E-state index in [1.165, 1.54) is 6.20 Å². The lowest BCUT2D eigenvalue weighted by Crippen LogP contribution is -2.39. The predicted octanol–water partition coefficient (Wildman–Crippen LogP) is 4.29. The number of sulfone groups is 1. The lowest BCUT2D eigenvalue weighted by atomic mass is 10.2. The van der Waals surface area contributed by atoms with Crippen LogP contribution in [-0.2, 0) is 28.7 Å². The Labute approximate surface area is 211 Å². The van der Waals surface area contributed by atoms with Gasteiger partial charge in [-0.25, -0.2) is 18.2 Å². The number of nitrogens with one attached hydrogen (secondary N) is 1. The number of aromatic nitrogens is 2. The topological polar surface area (TPSA) is 87.5 Å². The number of allylic oxidation sites excluding steroid dienone is 1. The molecule has 186 valence electrons. The van der Waals surface area contributed by atoms with Crippen molar-refractivity contribution in [1.29, 1.82) is 0 Å². The Kier molecular flexibility index (Phi) is 9.08. The van der Waals surface area contributed by atoms with Crippen molar-refractivity contribution in [2.24, 2.45) is 0 Å². The van der Waals surface area contributed by atoms with Crippen molar-refractivity contribution in [3.8, 4) is 0 Å². The number of carbonyl (C=O) groups is 1. The van der Waals surface area contributed by atoms with Crippen LogP contribution < -0.4 is 5.32 Å². The number of hydrogen-bond acceptors (Lipinski definition) is 5. The molecule has 1 heterocycles. The molecule has 0 fully saturated rings. The Hall–Kier alpha value is -3.14. The monoisotopic (exact) mass is 515 g/mol. The second-order valence-electron chi connectivity index (χ2n) is 8.34. The van der Waals surface area contributed by atoms with E-state index in [2.05, 4.69) is 16.9 Å². The zero-order valence-corrected chi connectivity index (χ0v) is 21.5. The average Bonchev–Trinajstić information content (AvgIpc) is 3.20. The van der Waals surface area contributed by atoms with Gasteiger partial charge in [-0.05, 0) is 37.9 Å². The quantitative estimate of drug-likeness (QED) is 0.385. The minimum atomic E-state index is -3.72. The fourth-order valence-corrected chi connectivity index (χ4v) is 5.18. The van der Waals surface area contributed by atoms with Crippen LogP contribution >= 0.6 is 11.6 Å². The molecule has 0 unspecified atom stereocenters. The van der Waals surface area contributed by atoms with E-state index >= 15 is 0 Å². The molecule has 0 radical (unpaired) electrons. The number of amides is 2. The third kappa shape index (κ3) is 7.42. The summed E-state index contributed by atoms with van der Waals surface area (Å²) in [5.41, 5.74) is 1.84. The Bertz CT molecular complexity index is 1260. The molecule has 0 bridgehead atoms. The zero-order chi connectivity index (χ0) is 25.4. The Morgan fingerprint density at radius 3 is 2.54 bits per heavy atom. The second-order valence-corrected chi connectivity index (χ2v) is 10.7. The summed E-state index contributed by atoms with van der Waals surface area (Å²) in [7, 11) is 0.122. The lowest BCUT2D eigenvalue weighted by Gasteiger charge is -2.25. The first-order valence-corrected chi connectivity index (χ1v) is 13.1. The van der Waals surface area contributed by atoms with E-state index in [4.69, 9.17) is 11.6 Å². The molecule has 0 spiro atoms. The van der Waals surface area contributed by atoms with Gasteiger partial charge in [0.25, 0.3) is 0 Å². The zero-order valence-electron chi connectivity index (χ0n) is 19.9. The first-order chi connectivity index (χ1) is 16.7. The molecular weight excluding hydrogens is 486 g/mol. The number of urea groups is 1. The maximum absolute atomic E-state index is 13.2. The summed E-state index contributed by atoms with van der Waals surface area (Å²) >= 11 is 6.05. The minimum Gasteiger partial charge on any atom is -0.317 e. The predicted molar refractivity (Wildman–Crippen MR) is 139 cm³/mol. The highest BCUT2D eigenvalue weighted by molar-refractivity contribution is 7.90. The highest BCUT2D eigenvalue weighted by Crippen LogP contribution is 2.20. The van der Waals surface area contributed by atoms with Gasteiger partial charge >= 0.3 is 6.03 Å². The number of halogens is 1. The van der Waals surface area contributed by atoms with E-state index < -0.39 is 9.84 Å². The van der Waals surface area contributed by atoms with Gasteiger partial charge in [0.1, 0.15) is 0 Å².